The first-order valence-corrected chi connectivity index (χ1v) is 7.99. The summed E-state index contributed by atoms with van der Waals surface area (Å²) in [5, 5.41) is 8.17. The third kappa shape index (κ3) is 4.30. The molecule has 0 bridgehead atoms. The van der Waals surface area contributed by atoms with Crippen LogP contribution in [0.4, 0.5) is 23.0 Å². The van der Waals surface area contributed by atoms with Crippen LogP contribution in [0.1, 0.15) is 19.3 Å². The van der Waals surface area contributed by atoms with Crippen molar-refractivity contribution in [3.8, 4) is 5.75 Å². The predicted molar refractivity (Wildman–Crippen MR) is 92.9 cm³/mol. The minimum absolute atomic E-state index is 0.175. The molecule has 3 rings (SSSR count). The number of hydrogen-bond acceptors (Lipinski definition) is 8. The van der Waals surface area contributed by atoms with Gasteiger partial charge in [-0.25, -0.2) is 9.78 Å². The molecule has 8 nitrogen and oxygen atoms in total. The third-order valence-corrected chi connectivity index (χ3v) is 3.71. The Bertz CT molecular complexity index is 788. The Labute approximate surface area is 144 Å². The summed E-state index contributed by atoms with van der Waals surface area (Å²) in [6.07, 6.45) is 2.04. The van der Waals surface area contributed by atoms with E-state index in [1.54, 1.807) is 36.4 Å². The highest BCUT2D eigenvalue weighted by atomic mass is 16.6. The fourth-order valence-electron chi connectivity index (χ4n) is 2.40. The van der Waals surface area contributed by atoms with Gasteiger partial charge in [-0.2, -0.15) is 0 Å². The first kappa shape index (κ1) is 16.8. The molecule has 1 unspecified atom stereocenters. The number of esters is 1. The highest BCUT2D eigenvalue weighted by Gasteiger charge is 2.24. The van der Waals surface area contributed by atoms with Gasteiger partial charge in [0.2, 0.25) is 0 Å². The fourth-order valence-corrected chi connectivity index (χ4v) is 2.40. The summed E-state index contributed by atoms with van der Waals surface area (Å²) < 4.78 is 10.9. The first-order valence-electron chi connectivity index (χ1n) is 7.99. The molecule has 4 N–H and O–H groups in total. The van der Waals surface area contributed by atoms with Gasteiger partial charge >= 0.3 is 5.97 Å². The fraction of sp³-hybridized carbons (Fsp3) is 0.294. The second-order valence-electron chi connectivity index (χ2n) is 5.58. The van der Waals surface area contributed by atoms with Crippen LogP contribution < -0.4 is 16.2 Å². The molecule has 8 heteroatoms. The van der Waals surface area contributed by atoms with E-state index < -0.39 is 12.1 Å². The molecule has 1 aromatic carbocycles. The number of carbonyl (C=O) groups excluding carboxylic acids is 1. The molecule has 0 spiro atoms. The average molecular weight is 341 g/mol. The van der Waals surface area contributed by atoms with E-state index in [4.69, 9.17) is 20.9 Å². The van der Waals surface area contributed by atoms with Crippen LogP contribution in [0.3, 0.4) is 0 Å². The van der Waals surface area contributed by atoms with Gasteiger partial charge in [0.15, 0.2) is 17.7 Å². The Morgan fingerprint density at radius 3 is 2.68 bits per heavy atom. The smallest absolute Gasteiger partial charge is 0.340 e. The number of azo groups is 1. The number of nitrogens with two attached hydrogens (primary N) is 2. The number of aromatic nitrogens is 1. The molecule has 1 atom stereocenters. The van der Waals surface area contributed by atoms with Crippen LogP contribution in [0.25, 0.3) is 0 Å². The van der Waals surface area contributed by atoms with E-state index in [-0.39, 0.29) is 5.82 Å². The Morgan fingerprint density at radius 2 is 1.92 bits per heavy atom. The van der Waals surface area contributed by atoms with Crippen molar-refractivity contribution in [2.24, 2.45) is 10.2 Å². The molecule has 1 aliphatic rings. The lowest BCUT2D eigenvalue weighted by molar-refractivity contribution is -0.150. The number of anilines is 2. The number of rotatable bonds is 4. The monoisotopic (exact) mass is 341 g/mol. The van der Waals surface area contributed by atoms with Crippen LogP contribution in [0.2, 0.25) is 0 Å². The maximum absolute atomic E-state index is 12.2. The zero-order valence-electron chi connectivity index (χ0n) is 13.6. The standard InChI is InChI=1S/C17H19N5O3/c18-15-9-8-12(16(19)20-15)22-21-11-5-1-2-6-13(11)25-17(23)14-7-3-4-10-24-14/h1-2,5-6,8-9,14H,3-4,7,10H2,(H4,18,19,20)/b22-21+. The van der Waals surface area contributed by atoms with E-state index in [0.717, 1.165) is 12.8 Å². The van der Waals surface area contributed by atoms with Gasteiger partial charge in [-0.15, -0.1) is 10.2 Å². The van der Waals surface area contributed by atoms with Gasteiger partial charge in [-0.1, -0.05) is 12.1 Å². The number of hydrogen-bond donors (Lipinski definition) is 2. The number of benzene rings is 1. The lowest BCUT2D eigenvalue weighted by atomic mass is 10.1. The van der Waals surface area contributed by atoms with E-state index in [0.29, 0.717) is 36.0 Å². The van der Waals surface area contributed by atoms with Gasteiger partial charge in [0.25, 0.3) is 0 Å². The quantitative estimate of drug-likeness (QED) is 0.500. The molecule has 1 saturated heterocycles. The van der Waals surface area contributed by atoms with Crippen LogP contribution in [0.5, 0.6) is 5.75 Å². The second kappa shape index (κ2) is 7.71. The van der Waals surface area contributed by atoms with Crippen molar-refractivity contribution in [1.29, 1.82) is 0 Å². The highest BCUT2D eigenvalue weighted by molar-refractivity contribution is 5.78. The Hall–Kier alpha value is -3.00. The first-order chi connectivity index (χ1) is 12.1. The lowest BCUT2D eigenvalue weighted by Gasteiger charge is -2.20. The maximum atomic E-state index is 12.2. The number of para-hydroxylation sites is 1. The largest absolute Gasteiger partial charge is 0.422 e. The van der Waals surface area contributed by atoms with E-state index in [1.165, 1.54) is 0 Å². The van der Waals surface area contributed by atoms with Gasteiger partial charge in [0.05, 0.1) is 0 Å². The lowest BCUT2D eigenvalue weighted by Crippen LogP contribution is -2.31. The zero-order chi connectivity index (χ0) is 17.6. The molecule has 130 valence electrons. The summed E-state index contributed by atoms with van der Waals surface area (Å²) in [4.78, 5) is 16.1. The molecule has 25 heavy (non-hydrogen) atoms. The minimum atomic E-state index is -0.532. The van der Waals surface area contributed by atoms with Crippen LogP contribution in [0, 0.1) is 0 Å². The SMILES string of the molecule is Nc1ccc(/N=N/c2ccccc2OC(=O)C2CCCCO2)c(N)n1. The minimum Gasteiger partial charge on any atom is -0.422 e. The van der Waals surface area contributed by atoms with Crippen molar-refractivity contribution >= 4 is 29.0 Å². The molecule has 2 heterocycles. The topological polar surface area (TPSA) is 125 Å². The molecule has 0 saturated carbocycles. The number of pyridine rings is 1. The van der Waals surface area contributed by atoms with Gasteiger partial charge in [0, 0.05) is 6.61 Å². The zero-order valence-corrected chi connectivity index (χ0v) is 13.6. The van der Waals surface area contributed by atoms with Crippen molar-refractivity contribution in [3.63, 3.8) is 0 Å². The predicted octanol–water partition coefficient (Wildman–Crippen LogP) is 3.14. The molecule has 2 aromatic rings. The van der Waals surface area contributed by atoms with Crippen LogP contribution in [0.15, 0.2) is 46.6 Å². The summed E-state index contributed by atoms with van der Waals surface area (Å²) >= 11 is 0. The van der Waals surface area contributed by atoms with Crippen molar-refractivity contribution < 1.29 is 14.3 Å². The molecule has 1 fully saturated rings. The summed E-state index contributed by atoms with van der Waals surface area (Å²) in [5.41, 5.74) is 12.1. The van der Waals surface area contributed by atoms with Gasteiger partial charge in [-0.05, 0) is 43.5 Å². The van der Waals surface area contributed by atoms with Crippen LogP contribution in [-0.2, 0) is 9.53 Å². The molecule has 1 aliphatic heterocycles. The normalized spacial score (nSPS) is 17.5. The Morgan fingerprint density at radius 1 is 1.12 bits per heavy atom. The second-order valence-corrected chi connectivity index (χ2v) is 5.58. The number of ether oxygens (including phenoxy) is 2. The van der Waals surface area contributed by atoms with Crippen molar-refractivity contribution in [1.82, 2.24) is 4.98 Å². The number of nitrogens with zero attached hydrogens (tertiary/aromatic N) is 3. The highest BCUT2D eigenvalue weighted by Crippen LogP contribution is 2.31. The van der Waals surface area contributed by atoms with Gasteiger partial charge < -0.3 is 20.9 Å². The van der Waals surface area contributed by atoms with E-state index in [2.05, 4.69) is 15.2 Å². The Balaban J connectivity index is 1.76. The van der Waals surface area contributed by atoms with Gasteiger partial charge in [-0.3, -0.25) is 0 Å². The molecule has 0 radical (unpaired) electrons. The summed E-state index contributed by atoms with van der Waals surface area (Å²) in [5.74, 6) is 0.371. The number of carbonyl (C=O) groups is 1. The molecular formula is C17H19N5O3. The average Bonchev–Trinajstić information content (AvgIpc) is 2.63. The number of nitrogen functional groups attached to an aromatic ring is 2. The Kier molecular flexibility index (Phi) is 5.20. The maximum Gasteiger partial charge on any atom is 0.340 e. The van der Waals surface area contributed by atoms with Crippen LogP contribution >= 0.6 is 0 Å². The third-order valence-electron chi connectivity index (χ3n) is 3.71. The van der Waals surface area contributed by atoms with E-state index >= 15 is 0 Å². The van der Waals surface area contributed by atoms with Gasteiger partial charge in [0.1, 0.15) is 17.2 Å². The van der Waals surface area contributed by atoms with E-state index in [1.807, 2.05) is 0 Å². The summed E-state index contributed by atoms with van der Waals surface area (Å²) in [6, 6.07) is 10.1. The van der Waals surface area contributed by atoms with Crippen molar-refractivity contribution in [2.75, 3.05) is 18.1 Å². The summed E-state index contributed by atoms with van der Waals surface area (Å²) in [6.45, 7) is 0.574. The van der Waals surface area contributed by atoms with Crippen molar-refractivity contribution in [3.05, 3.63) is 36.4 Å². The molecule has 0 aliphatic carbocycles. The summed E-state index contributed by atoms with van der Waals surface area (Å²) in [7, 11) is 0. The van der Waals surface area contributed by atoms with Crippen molar-refractivity contribution in [2.45, 2.75) is 25.4 Å². The molecule has 1 aromatic heterocycles. The molecule has 0 amide bonds. The molecular weight excluding hydrogens is 322 g/mol. The van der Waals surface area contributed by atoms with Crippen LogP contribution in [-0.4, -0.2) is 23.7 Å². The van der Waals surface area contributed by atoms with E-state index in [9.17, 15) is 4.79 Å².